The molecule has 0 aliphatic rings. The minimum Gasteiger partial charge on any atom is -0.462 e. The van der Waals surface area contributed by atoms with E-state index in [1.807, 2.05) is 0 Å². The van der Waals surface area contributed by atoms with Crippen molar-refractivity contribution in [3.05, 3.63) is 0 Å². The summed E-state index contributed by atoms with van der Waals surface area (Å²) in [6.45, 7) is 6.51. The van der Waals surface area contributed by atoms with Crippen LogP contribution < -0.4 is 5.32 Å². The smallest absolute Gasteiger partial charge is 0.306 e. The van der Waals surface area contributed by atoms with Crippen LogP contribution in [0.2, 0.25) is 0 Å². The first-order valence-electron chi connectivity index (χ1n) is 27.3. The van der Waals surface area contributed by atoms with Crippen molar-refractivity contribution in [3.63, 3.8) is 0 Å². The lowest BCUT2D eigenvalue weighted by Crippen LogP contribution is -2.46. The van der Waals surface area contributed by atoms with Crippen LogP contribution in [0.15, 0.2) is 0 Å². The fraction of sp³-hybridized carbons (Fsp3) is 0.963. The molecule has 358 valence electrons. The number of aliphatic hydroxyl groups excluding tert-OH is 2. The van der Waals surface area contributed by atoms with E-state index in [0.717, 1.165) is 44.9 Å². The van der Waals surface area contributed by atoms with Crippen LogP contribution in [0.4, 0.5) is 0 Å². The maximum Gasteiger partial charge on any atom is 0.306 e. The lowest BCUT2D eigenvalue weighted by molar-refractivity contribution is -0.151. The first-order chi connectivity index (χ1) is 29.5. The molecule has 0 rings (SSSR count). The second-order valence-electron chi connectivity index (χ2n) is 19.0. The molecule has 0 aliphatic carbocycles. The van der Waals surface area contributed by atoms with Gasteiger partial charge in [0, 0.05) is 6.42 Å². The minimum absolute atomic E-state index is 0.0877. The predicted molar refractivity (Wildman–Crippen MR) is 260 cm³/mol. The van der Waals surface area contributed by atoms with Crippen LogP contribution >= 0.6 is 0 Å². The largest absolute Gasteiger partial charge is 0.462 e. The Kier molecular flexibility index (Phi) is 48.0. The Morgan fingerprint density at radius 2 is 0.700 bits per heavy atom. The zero-order valence-corrected chi connectivity index (χ0v) is 40.9. The molecule has 3 atom stereocenters. The zero-order chi connectivity index (χ0) is 43.8. The summed E-state index contributed by atoms with van der Waals surface area (Å²) in [6, 6.07) is -0.692. The Morgan fingerprint density at radius 1 is 0.417 bits per heavy atom. The first kappa shape index (κ1) is 58.9. The van der Waals surface area contributed by atoms with Crippen molar-refractivity contribution in [3.8, 4) is 0 Å². The van der Waals surface area contributed by atoms with E-state index in [1.165, 1.54) is 218 Å². The molecule has 0 aromatic carbocycles. The molecule has 0 saturated carbocycles. The summed E-state index contributed by atoms with van der Waals surface area (Å²) >= 11 is 0. The number of amides is 1. The number of carbonyl (C=O) groups is 2. The lowest BCUT2D eigenvalue weighted by atomic mass is 10.0. The summed E-state index contributed by atoms with van der Waals surface area (Å²) in [4.78, 5) is 26.1. The molecule has 3 unspecified atom stereocenters. The van der Waals surface area contributed by atoms with Gasteiger partial charge in [-0.05, 0) is 25.7 Å². The van der Waals surface area contributed by atoms with Crippen molar-refractivity contribution in [2.75, 3.05) is 6.61 Å². The van der Waals surface area contributed by atoms with Crippen LogP contribution in [0.25, 0.3) is 0 Å². The third-order valence-corrected chi connectivity index (χ3v) is 12.9. The maximum atomic E-state index is 13.2. The highest BCUT2D eigenvalue weighted by Gasteiger charge is 2.24. The van der Waals surface area contributed by atoms with Crippen LogP contribution in [0.5, 0.6) is 0 Å². The Labute approximate surface area is 375 Å². The molecule has 1 amide bonds. The maximum absolute atomic E-state index is 13.2. The lowest BCUT2D eigenvalue weighted by Gasteiger charge is -2.24. The van der Waals surface area contributed by atoms with Crippen molar-refractivity contribution in [1.82, 2.24) is 5.32 Å². The average Bonchev–Trinajstić information content (AvgIpc) is 3.24. The van der Waals surface area contributed by atoms with Gasteiger partial charge in [-0.25, -0.2) is 0 Å². The predicted octanol–water partition coefficient (Wildman–Crippen LogP) is 16.4. The topological polar surface area (TPSA) is 95.9 Å². The second-order valence-corrected chi connectivity index (χ2v) is 19.0. The number of ether oxygens (including phenoxy) is 1. The van der Waals surface area contributed by atoms with Crippen LogP contribution in [0.1, 0.15) is 310 Å². The van der Waals surface area contributed by atoms with Gasteiger partial charge in [0.15, 0.2) is 0 Å². The molecule has 0 aromatic rings. The molecule has 60 heavy (non-hydrogen) atoms. The highest BCUT2D eigenvalue weighted by Crippen LogP contribution is 2.19. The molecule has 6 heteroatoms. The second kappa shape index (κ2) is 48.9. The Hall–Kier alpha value is -1.14. The SMILES string of the molecule is CCCCCCCCCCCCCCCCCCCC(O)C(CO)NC(=O)CC(CCCCCCCCCCCCCCCCC)OC(=O)CCCCCCCCCCC. The van der Waals surface area contributed by atoms with Crippen molar-refractivity contribution < 1.29 is 24.5 Å². The molecule has 0 saturated heterocycles. The standard InChI is InChI=1S/C54H107NO5/c1-4-7-10-13-16-19-21-23-25-26-28-30-32-35-37-40-43-46-52(57)51(49-56)55-53(58)48-50(60-54(59)47-44-41-38-33-18-15-12-9-6-3)45-42-39-36-34-31-29-27-24-22-20-17-14-11-8-5-2/h50-52,56-57H,4-49H2,1-3H3,(H,55,58). The third-order valence-electron chi connectivity index (χ3n) is 12.9. The molecule has 0 fully saturated rings. The summed E-state index contributed by atoms with van der Waals surface area (Å²) in [5, 5.41) is 23.8. The number of rotatable bonds is 50. The molecule has 0 aliphatic heterocycles. The van der Waals surface area contributed by atoms with E-state index in [0.29, 0.717) is 19.3 Å². The molecular weight excluding hydrogens is 743 g/mol. The number of unbranched alkanes of at least 4 members (excludes halogenated alkanes) is 38. The molecule has 0 spiro atoms. The van der Waals surface area contributed by atoms with E-state index in [-0.39, 0.29) is 24.9 Å². The summed E-state index contributed by atoms with van der Waals surface area (Å²) in [6.07, 6.45) is 53.1. The number of aliphatic hydroxyl groups is 2. The first-order valence-corrected chi connectivity index (χ1v) is 27.3. The minimum atomic E-state index is -0.779. The number of carbonyl (C=O) groups excluding carboxylic acids is 2. The van der Waals surface area contributed by atoms with Gasteiger partial charge < -0.3 is 20.3 Å². The number of nitrogens with one attached hydrogen (secondary N) is 1. The van der Waals surface area contributed by atoms with Gasteiger partial charge in [-0.1, -0.05) is 271 Å². The molecule has 3 N–H and O–H groups in total. The van der Waals surface area contributed by atoms with E-state index in [4.69, 9.17) is 4.74 Å². The van der Waals surface area contributed by atoms with Gasteiger partial charge in [0.05, 0.1) is 25.2 Å². The van der Waals surface area contributed by atoms with Crippen LogP contribution in [-0.2, 0) is 14.3 Å². The van der Waals surface area contributed by atoms with E-state index >= 15 is 0 Å². The normalized spacial score (nSPS) is 13.1. The van der Waals surface area contributed by atoms with E-state index in [9.17, 15) is 19.8 Å². The Balaban J connectivity index is 4.41. The van der Waals surface area contributed by atoms with Gasteiger partial charge in [-0.15, -0.1) is 0 Å². The van der Waals surface area contributed by atoms with E-state index < -0.39 is 18.2 Å². The summed E-state index contributed by atoms with van der Waals surface area (Å²) in [5.41, 5.74) is 0. The molecular formula is C54H107NO5. The Bertz CT molecular complexity index is 867. The summed E-state index contributed by atoms with van der Waals surface area (Å²) in [5.74, 6) is -0.452. The van der Waals surface area contributed by atoms with Gasteiger partial charge >= 0.3 is 5.97 Å². The van der Waals surface area contributed by atoms with Crippen molar-refractivity contribution in [1.29, 1.82) is 0 Å². The highest BCUT2D eigenvalue weighted by atomic mass is 16.5. The average molecular weight is 850 g/mol. The van der Waals surface area contributed by atoms with Crippen LogP contribution in [-0.4, -0.2) is 46.9 Å². The Morgan fingerprint density at radius 3 is 1.02 bits per heavy atom. The van der Waals surface area contributed by atoms with Crippen LogP contribution in [0.3, 0.4) is 0 Å². The van der Waals surface area contributed by atoms with Gasteiger partial charge in [0.25, 0.3) is 0 Å². The number of hydrogen-bond acceptors (Lipinski definition) is 5. The number of hydrogen-bond donors (Lipinski definition) is 3. The number of esters is 1. The monoisotopic (exact) mass is 850 g/mol. The fourth-order valence-corrected chi connectivity index (χ4v) is 8.79. The summed E-state index contributed by atoms with van der Waals surface area (Å²) < 4.78 is 5.93. The van der Waals surface area contributed by atoms with E-state index in [1.54, 1.807) is 0 Å². The highest BCUT2D eigenvalue weighted by molar-refractivity contribution is 5.77. The van der Waals surface area contributed by atoms with Crippen molar-refractivity contribution in [2.24, 2.45) is 0 Å². The van der Waals surface area contributed by atoms with Gasteiger partial charge in [-0.2, -0.15) is 0 Å². The van der Waals surface area contributed by atoms with Gasteiger partial charge in [-0.3, -0.25) is 9.59 Å². The van der Waals surface area contributed by atoms with Gasteiger partial charge in [0.2, 0.25) is 5.91 Å². The van der Waals surface area contributed by atoms with Crippen molar-refractivity contribution in [2.45, 2.75) is 328 Å². The molecule has 0 aromatic heterocycles. The molecule has 6 nitrogen and oxygen atoms in total. The molecule has 0 radical (unpaired) electrons. The zero-order valence-electron chi connectivity index (χ0n) is 40.9. The molecule has 0 heterocycles. The molecule has 0 bridgehead atoms. The summed E-state index contributed by atoms with van der Waals surface area (Å²) in [7, 11) is 0. The van der Waals surface area contributed by atoms with Crippen molar-refractivity contribution >= 4 is 11.9 Å². The fourth-order valence-electron chi connectivity index (χ4n) is 8.79. The van der Waals surface area contributed by atoms with Crippen LogP contribution in [0, 0.1) is 0 Å². The van der Waals surface area contributed by atoms with Gasteiger partial charge in [0.1, 0.15) is 6.10 Å². The quantitative estimate of drug-likeness (QED) is 0.0419. The van der Waals surface area contributed by atoms with E-state index in [2.05, 4.69) is 26.1 Å². The third kappa shape index (κ3) is 43.5.